The van der Waals surface area contributed by atoms with Gasteiger partial charge in [-0.3, -0.25) is 0 Å². The predicted octanol–water partition coefficient (Wildman–Crippen LogP) is 3.68. The zero-order chi connectivity index (χ0) is 15.9. The van der Waals surface area contributed by atoms with Crippen LogP contribution in [0, 0.1) is 0 Å². The zero-order valence-corrected chi connectivity index (χ0v) is 14.5. The van der Waals surface area contributed by atoms with Crippen molar-refractivity contribution < 1.29 is 8.42 Å². The van der Waals surface area contributed by atoms with Crippen LogP contribution in [0.4, 0.5) is 0 Å². The molecule has 1 rings (SSSR count). The molecule has 0 aliphatic heterocycles. The van der Waals surface area contributed by atoms with E-state index in [9.17, 15) is 8.42 Å². The summed E-state index contributed by atoms with van der Waals surface area (Å²) in [4.78, 5) is 0. The number of sulfone groups is 1. The van der Waals surface area contributed by atoms with Crippen molar-refractivity contribution in [3.63, 3.8) is 0 Å². The van der Waals surface area contributed by atoms with Gasteiger partial charge in [0.15, 0.2) is 9.84 Å². The average molecular weight is 311 g/mol. The van der Waals surface area contributed by atoms with Gasteiger partial charge in [0.05, 0.1) is 11.5 Å². The summed E-state index contributed by atoms with van der Waals surface area (Å²) in [5.41, 5.74) is 2.34. The lowest BCUT2D eigenvalue weighted by Gasteiger charge is -2.19. The fraction of sp³-hybridized carbons (Fsp3) is 0.647. The molecular weight excluding hydrogens is 282 g/mol. The second-order valence-electron chi connectivity index (χ2n) is 5.90. The molecule has 1 aromatic carbocycles. The van der Waals surface area contributed by atoms with Gasteiger partial charge in [-0.2, -0.15) is 0 Å². The van der Waals surface area contributed by atoms with Gasteiger partial charge in [0, 0.05) is 6.04 Å². The van der Waals surface area contributed by atoms with Crippen LogP contribution in [-0.4, -0.2) is 26.5 Å². The Hall–Kier alpha value is -0.870. The van der Waals surface area contributed by atoms with Gasteiger partial charge in [-0.25, -0.2) is 8.42 Å². The molecule has 1 N–H and O–H groups in total. The quantitative estimate of drug-likeness (QED) is 0.757. The van der Waals surface area contributed by atoms with E-state index in [1.807, 2.05) is 13.8 Å². The number of hydrogen-bond donors (Lipinski definition) is 1. The Balaban J connectivity index is 2.86. The number of benzene rings is 1. The van der Waals surface area contributed by atoms with Crippen LogP contribution in [-0.2, 0) is 9.84 Å². The fourth-order valence-corrected chi connectivity index (χ4v) is 4.05. The summed E-state index contributed by atoms with van der Waals surface area (Å²) in [6.07, 6.45) is 1.65. The van der Waals surface area contributed by atoms with Crippen LogP contribution >= 0.6 is 0 Å². The van der Waals surface area contributed by atoms with Gasteiger partial charge in [-0.15, -0.1) is 0 Å². The largest absolute Gasteiger partial charge is 0.309 e. The van der Waals surface area contributed by atoms with Crippen molar-refractivity contribution in [2.75, 3.05) is 18.1 Å². The summed E-state index contributed by atoms with van der Waals surface area (Å²) in [6, 6.07) is 8.19. The lowest BCUT2D eigenvalue weighted by atomic mass is 9.99. The standard InChI is InChI=1S/C17H29NO2S/c1-5-7-12-21(19,20)13-17(18-6-2)16-10-8-15(9-11-16)14(3)4/h8-11,14,17-18H,5-7,12-13H2,1-4H3. The molecule has 3 nitrogen and oxygen atoms in total. The fourth-order valence-electron chi connectivity index (χ4n) is 2.33. The minimum atomic E-state index is -3.00. The van der Waals surface area contributed by atoms with E-state index in [1.54, 1.807) is 0 Å². The van der Waals surface area contributed by atoms with Gasteiger partial charge in [0.1, 0.15) is 0 Å². The second-order valence-corrected chi connectivity index (χ2v) is 8.13. The maximum Gasteiger partial charge on any atom is 0.152 e. The Morgan fingerprint density at radius 2 is 1.62 bits per heavy atom. The average Bonchev–Trinajstić information content (AvgIpc) is 2.44. The molecule has 0 saturated heterocycles. The molecule has 0 bridgehead atoms. The molecule has 21 heavy (non-hydrogen) atoms. The molecule has 4 heteroatoms. The number of hydrogen-bond acceptors (Lipinski definition) is 3. The third kappa shape index (κ3) is 6.18. The van der Waals surface area contributed by atoms with Crippen LogP contribution in [0.2, 0.25) is 0 Å². The summed E-state index contributed by atoms with van der Waals surface area (Å²) >= 11 is 0. The first-order valence-electron chi connectivity index (χ1n) is 7.93. The summed E-state index contributed by atoms with van der Waals surface area (Å²) in [5, 5.41) is 3.30. The smallest absolute Gasteiger partial charge is 0.152 e. The molecule has 0 aliphatic carbocycles. The van der Waals surface area contributed by atoms with Gasteiger partial charge < -0.3 is 5.32 Å². The van der Waals surface area contributed by atoms with E-state index in [4.69, 9.17) is 0 Å². The van der Waals surface area contributed by atoms with Crippen molar-refractivity contribution in [1.82, 2.24) is 5.32 Å². The highest BCUT2D eigenvalue weighted by Gasteiger charge is 2.19. The van der Waals surface area contributed by atoms with Crippen LogP contribution < -0.4 is 5.32 Å². The monoisotopic (exact) mass is 311 g/mol. The molecule has 0 aliphatic rings. The Labute approximate surface area is 130 Å². The van der Waals surface area contributed by atoms with Gasteiger partial charge in [-0.05, 0) is 30.0 Å². The van der Waals surface area contributed by atoms with Gasteiger partial charge >= 0.3 is 0 Å². The van der Waals surface area contributed by atoms with E-state index in [-0.39, 0.29) is 17.5 Å². The van der Waals surface area contributed by atoms with Crippen LogP contribution in [0.3, 0.4) is 0 Å². The molecule has 0 fully saturated rings. The summed E-state index contributed by atoms with van der Waals surface area (Å²) < 4.78 is 24.4. The van der Waals surface area contributed by atoms with Crippen molar-refractivity contribution in [2.45, 2.75) is 52.5 Å². The van der Waals surface area contributed by atoms with Crippen molar-refractivity contribution >= 4 is 9.84 Å². The Morgan fingerprint density at radius 1 is 1.05 bits per heavy atom. The van der Waals surface area contributed by atoms with E-state index >= 15 is 0 Å². The molecular formula is C17H29NO2S. The zero-order valence-electron chi connectivity index (χ0n) is 13.7. The third-order valence-electron chi connectivity index (χ3n) is 3.69. The molecule has 1 atom stereocenters. The first kappa shape index (κ1) is 18.2. The molecule has 120 valence electrons. The summed E-state index contributed by atoms with van der Waals surface area (Å²) in [7, 11) is -3.00. The number of nitrogens with one attached hydrogen (secondary N) is 1. The summed E-state index contributed by atoms with van der Waals surface area (Å²) in [5.74, 6) is 0.960. The van der Waals surface area contributed by atoms with Crippen LogP contribution in [0.15, 0.2) is 24.3 Å². The molecule has 0 saturated carbocycles. The Morgan fingerprint density at radius 3 is 2.10 bits per heavy atom. The lowest BCUT2D eigenvalue weighted by Crippen LogP contribution is -2.29. The van der Waals surface area contributed by atoms with E-state index < -0.39 is 9.84 Å². The normalized spacial score (nSPS) is 13.6. The molecule has 0 heterocycles. The van der Waals surface area contributed by atoms with Crippen molar-refractivity contribution in [3.8, 4) is 0 Å². The number of rotatable bonds is 9. The second kappa shape index (κ2) is 8.54. The molecule has 0 radical (unpaired) electrons. The Bertz CT molecular complexity index is 506. The van der Waals surface area contributed by atoms with Crippen molar-refractivity contribution in [3.05, 3.63) is 35.4 Å². The van der Waals surface area contributed by atoms with E-state index in [0.717, 1.165) is 24.9 Å². The number of unbranched alkanes of at least 4 members (excludes halogenated alkanes) is 1. The predicted molar refractivity (Wildman–Crippen MR) is 90.5 cm³/mol. The maximum atomic E-state index is 12.2. The SMILES string of the molecule is CCCCS(=O)(=O)CC(NCC)c1ccc(C(C)C)cc1. The molecule has 1 aromatic rings. The highest BCUT2D eigenvalue weighted by molar-refractivity contribution is 7.91. The van der Waals surface area contributed by atoms with Crippen molar-refractivity contribution in [1.29, 1.82) is 0 Å². The maximum absolute atomic E-state index is 12.2. The van der Waals surface area contributed by atoms with Crippen molar-refractivity contribution in [2.24, 2.45) is 0 Å². The highest BCUT2D eigenvalue weighted by atomic mass is 32.2. The highest BCUT2D eigenvalue weighted by Crippen LogP contribution is 2.20. The third-order valence-corrected chi connectivity index (χ3v) is 5.44. The first-order valence-corrected chi connectivity index (χ1v) is 9.75. The topological polar surface area (TPSA) is 46.2 Å². The Kier molecular flexibility index (Phi) is 7.40. The lowest BCUT2D eigenvalue weighted by molar-refractivity contribution is 0.557. The van der Waals surface area contributed by atoms with E-state index in [2.05, 4.69) is 43.4 Å². The van der Waals surface area contributed by atoms with Crippen LogP contribution in [0.25, 0.3) is 0 Å². The van der Waals surface area contributed by atoms with E-state index in [1.165, 1.54) is 5.56 Å². The molecule has 0 amide bonds. The minimum absolute atomic E-state index is 0.113. The van der Waals surface area contributed by atoms with Gasteiger partial charge in [0.2, 0.25) is 0 Å². The van der Waals surface area contributed by atoms with E-state index in [0.29, 0.717) is 5.92 Å². The molecule has 1 unspecified atom stereocenters. The summed E-state index contributed by atoms with van der Waals surface area (Å²) in [6.45, 7) is 9.11. The molecule has 0 spiro atoms. The van der Waals surface area contributed by atoms with Gasteiger partial charge in [-0.1, -0.05) is 58.4 Å². The first-order chi connectivity index (χ1) is 9.89. The van der Waals surface area contributed by atoms with Crippen LogP contribution in [0.5, 0.6) is 0 Å². The van der Waals surface area contributed by atoms with Gasteiger partial charge in [0.25, 0.3) is 0 Å². The molecule has 0 aromatic heterocycles. The minimum Gasteiger partial charge on any atom is -0.309 e. The van der Waals surface area contributed by atoms with Crippen LogP contribution in [0.1, 0.15) is 63.6 Å².